The number of anilines is 1. The summed E-state index contributed by atoms with van der Waals surface area (Å²) >= 11 is 0. The third kappa shape index (κ3) is 7.14. The fraction of sp³-hybridized carbons (Fsp3) is 0.0417. The van der Waals surface area contributed by atoms with Crippen molar-refractivity contribution in [1.82, 2.24) is 14.8 Å². The van der Waals surface area contributed by atoms with Gasteiger partial charge in [-0.1, -0.05) is 18.2 Å². The summed E-state index contributed by atoms with van der Waals surface area (Å²) in [6.45, 7) is 0. The van der Waals surface area contributed by atoms with Crippen molar-refractivity contribution in [2.75, 3.05) is 5.32 Å². The smallest absolute Gasteiger partial charge is 0.410 e. The Kier molecular flexibility index (Phi) is 7.14. The number of halogens is 3. The van der Waals surface area contributed by atoms with Crippen LogP contribution in [0.15, 0.2) is 79.1 Å². The second-order valence-corrected chi connectivity index (χ2v) is 7.31. The first-order chi connectivity index (χ1) is 17.6. The zero-order valence-corrected chi connectivity index (χ0v) is 18.6. The molecule has 13 heteroatoms. The summed E-state index contributed by atoms with van der Waals surface area (Å²) in [4.78, 5) is 26.3. The summed E-state index contributed by atoms with van der Waals surface area (Å²) in [7, 11) is 0. The largest absolute Gasteiger partial charge is 0.573 e. The van der Waals surface area contributed by atoms with Gasteiger partial charge in [-0.15, -0.1) is 18.3 Å². The van der Waals surface area contributed by atoms with Crippen LogP contribution in [0, 0.1) is 10.1 Å². The first-order valence-electron chi connectivity index (χ1n) is 10.4. The highest BCUT2D eigenvalue weighted by Crippen LogP contribution is 2.23. The van der Waals surface area contributed by atoms with E-state index in [1.807, 2.05) is 0 Å². The maximum atomic E-state index is 12.3. The van der Waals surface area contributed by atoms with Gasteiger partial charge in [-0.3, -0.25) is 15.4 Å². The number of carbonyl (C=O) groups excluding carboxylic acids is 1. The average molecular weight is 511 g/mol. The Hall–Kier alpha value is -5.20. The second kappa shape index (κ2) is 10.6. The van der Waals surface area contributed by atoms with Gasteiger partial charge in [0, 0.05) is 17.8 Å². The third-order valence-corrected chi connectivity index (χ3v) is 4.68. The molecule has 1 aromatic heterocycles. The van der Waals surface area contributed by atoms with E-state index in [0.29, 0.717) is 17.2 Å². The first-order valence-corrected chi connectivity index (χ1v) is 10.4. The highest BCUT2D eigenvalue weighted by Gasteiger charge is 2.31. The van der Waals surface area contributed by atoms with Gasteiger partial charge in [0.05, 0.1) is 10.6 Å². The van der Waals surface area contributed by atoms with E-state index in [0.717, 1.165) is 5.56 Å². The topological polar surface area (TPSA) is 121 Å². The van der Waals surface area contributed by atoms with E-state index < -0.39 is 17.4 Å². The van der Waals surface area contributed by atoms with Gasteiger partial charge in [0.15, 0.2) is 5.82 Å². The van der Waals surface area contributed by atoms with Crippen LogP contribution in [-0.2, 0) is 0 Å². The fourth-order valence-corrected chi connectivity index (χ4v) is 3.01. The van der Waals surface area contributed by atoms with Crippen LogP contribution in [0.5, 0.6) is 11.5 Å². The molecule has 0 aliphatic rings. The van der Waals surface area contributed by atoms with E-state index in [9.17, 15) is 28.1 Å². The number of hydrogen-bond donors (Lipinski definition) is 1. The molecule has 0 aliphatic heterocycles. The maximum absolute atomic E-state index is 12.3. The van der Waals surface area contributed by atoms with Crippen molar-refractivity contribution in [1.29, 1.82) is 0 Å². The van der Waals surface area contributed by atoms with Crippen LogP contribution < -0.4 is 14.8 Å². The molecule has 3 aromatic carbocycles. The lowest BCUT2D eigenvalue weighted by atomic mass is 10.2. The predicted molar refractivity (Wildman–Crippen MR) is 126 cm³/mol. The van der Waals surface area contributed by atoms with Crippen LogP contribution in [0.3, 0.4) is 0 Å². The molecule has 0 spiro atoms. The van der Waals surface area contributed by atoms with E-state index in [1.165, 1.54) is 59.5 Å². The molecule has 0 bridgehead atoms. The van der Waals surface area contributed by atoms with E-state index in [1.54, 1.807) is 36.4 Å². The molecule has 0 saturated carbocycles. The van der Waals surface area contributed by atoms with Gasteiger partial charge in [-0.2, -0.15) is 0 Å². The molecular weight excluding hydrogens is 495 g/mol. The number of non-ortho nitro benzene ring substituents is 1. The normalized spacial score (nSPS) is 11.3. The molecule has 0 saturated heterocycles. The van der Waals surface area contributed by atoms with Crippen LogP contribution in [0.25, 0.3) is 17.8 Å². The number of carbonyl (C=O) groups is 1. The number of hydrogen-bond acceptors (Lipinski definition) is 7. The lowest BCUT2D eigenvalue weighted by Gasteiger charge is -2.09. The van der Waals surface area contributed by atoms with Crippen molar-refractivity contribution in [3.8, 4) is 17.2 Å². The highest BCUT2D eigenvalue weighted by molar-refractivity contribution is 5.86. The molecule has 37 heavy (non-hydrogen) atoms. The molecule has 0 fully saturated rings. The number of nitrogens with zero attached hydrogens (tertiary/aromatic N) is 4. The Balaban J connectivity index is 1.32. The van der Waals surface area contributed by atoms with Gasteiger partial charge < -0.3 is 9.47 Å². The summed E-state index contributed by atoms with van der Waals surface area (Å²) in [5.74, 6) is 0.179. The van der Waals surface area contributed by atoms with Gasteiger partial charge in [-0.05, 0) is 60.2 Å². The number of rotatable bonds is 7. The number of nitro groups is 1. The highest BCUT2D eigenvalue weighted by atomic mass is 19.4. The van der Waals surface area contributed by atoms with Crippen molar-refractivity contribution in [3.63, 3.8) is 0 Å². The Labute approximate surface area is 206 Å². The minimum absolute atomic E-state index is 0.119. The van der Waals surface area contributed by atoms with Gasteiger partial charge in [-0.25, -0.2) is 14.5 Å². The number of nitro benzene ring substituents is 1. The summed E-state index contributed by atoms with van der Waals surface area (Å²) in [5, 5.41) is 17.5. The van der Waals surface area contributed by atoms with Crippen LogP contribution >= 0.6 is 0 Å². The van der Waals surface area contributed by atoms with Crippen LogP contribution in [-0.4, -0.2) is 32.1 Å². The zero-order chi connectivity index (χ0) is 26.4. The average Bonchev–Trinajstić information content (AvgIpc) is 3.32. The Morgan fingerprint density at radius 3 is 2.22 bits per heavy atom. The van der Waals surface area contributed by atoms with E-state index in [2.05, 4.69) is 20.1 Å². The molecule has 188 valence electrons. The van der Waals surface area contributed by atoms with Crippen LogP contribution in [0.1, 0.15) is 11.4 Å². The molecule has 4 rings (SSSR count). The van der Waals surface area contributed by atoms with E-state index in [-0.39, 0.29) is 17.2 Å². The maximum Gasteiger partial charge on any atom is 0.573 e. The van der Waals surface area contributed by atoms with E-state index in [4.69, 9.17) is 4.74 Å². The first kappa shape index (κ1) is 24.9. The van der Waals surface area contributed by atoms with Gasteiger partial charge >= 0.3 is 12.5 Å². The summed E-state index contributed by atoms with van der Waals surface area (Å²) in [6, 6.07) is 17.0. The minimum Gasteiger partial charge on any atom is -0.410 e. The Morgan fingerprint density at radius 2 is 1.59 bits per heavy atom. The van der Waals surface area contributed by atoms with Crippen LogP contribution in [0.4, 0.5) is 29.3 Å². The lowest BCUT2D eigenvalue weighted by Crippen LogP contribution is -2.17. The van der Waals surface area contributed by atoms with Gasteiger partial charge in [0.25, 0.3) is 5.69 Å². The molecule has 0 radical (unpaired) electrons. The van der Waals surface area contributed by atoms with Crippen LogP contribution in [0.2, 0.25) is 0 Å². The standard InChI is InChI=1S/C24H16F3N5O5/c25-24(26,27)37-21-12-6-18(7-13-21)31-15-28-22(30-31)14-3-16-1-4-17(5-2-16)29-23(33)36-20-10-8-19(9-11-20)32(34)35/h1-15H,(H,29,33). The monoisotopic (exact) mass is 511 g/mol. The van der Waals surface area contributed by atoms with Crippen molar-refractivity contribution in [2.24, 2.45) is 0 Å². The number of ether oxygens (including phenoxy) is 2. The minimum atomic E-state index is -4.76. The molecule has 0 aliphatic carbocycles. The number of amides is 1. The number of benzene rings is 3. The van der Waals surface area contributed by atoms with Gasteiger partial charge in [0.1, 0.15) is 17.8 Å². The number of nitrogens with one attached hydrogen (secondary N) is 1. The molecule has 1 amide bonds. The van der Waals surface area contributed by atoms with Crippen molar-refractivity contribution >= 4 is 29.6 Å². The van der Waals surface area contributed by atoms with Gasteiger partial charge in [0.2, 0.25) is 0 Å². The summed E-state index contributed by atoms with van der Waals surface area (Å²) in [6.07, 6.45) is -0.727. The van der Waals surface area contributed by atoms with Crippen molar-refractivity contribution in [3.05, 3.63) is 101 Å². The second-order valence-electron chi connectivity index (χ2n) is 7.31. The fourth-order valence-electron chi connectivity index (χ4n) is 3.01. The predicted octanol–water partition coefficient (Wildman–Crippen LogP) is 5.86. The number of aromatic nitrogens is 3. The molecular formula is C24H16F3N5O5. The SMILES string of the molecule is O=C(Nc1ccc(C=Cc2ncn(-c3ccc(OC(F)(F)F)cc3)n2)cc1)Oc1ccc([N+](=O)[O-])cc1. The van der Waals surface area contributed by atoms with Crippen molar-refractivity contribution < 1.29 is 32.4 Å². The summed E-state index contributed by atoms with van der Waals surface area (Å²) in [5.41, 5.74) is 1.62. The molecule has 1 N–H and O–H groups in total. The lowest BCUT2D eigenvalue weighted by molar-refractivity contribution is -0.384. The molecule has 4 aromatic rings. The Morgan fingerprint density at radius 1 is 0.946 bits per heavy atom. The quantitative estimate of drug-likeness (QED) is 0.244. The molecule has 0 unspecified atom stereocenters. The third-order valence-electron chi connectivity index (χ3n) is 4.68. The zero-order valence-electron chi connectivity index (χ0n) is 18.6. The van der Waals surface area contributed by atoms with Crippen molar-refractivity contribution in [2.45, 2.75) is 6.36 Å². The summed E-state index contributed by atoms with van der Waals surface area (Å²) < 4.78 is 47.2. The molecule has 0 atom stereocenters. The Bertz CT molecular complexity index is 1420. The van der Waals surface area contributed by atoms with E-state index >= 15 is 0 Å². The molecule has 10 nitrogen and oxygen atoms in total. The molecule has 1 heterocycles. The number of alkyl halides is 3.